The number of rotatable bonds is 4. The summed E-state index contributed by atoms with van der Waals surface area (Å²) in [7, 11) is 1.87. The van der Waals surface area contributed by atoms with E-state index < -0.39 is 6.04 Å². The third-order valence-corrected chi connectivity index (χ3v) is 3.58. The van der Waals surface area contributed by atoms with E-state index in [1.807, 2.05) is 44.4 Å². The van der Waals surface area contributed by atoms with Crippen LogP contribution in [-0.4, -0.2) is 9.78 Å². The van der Waals surface area contributed by atoms with E-state index in [1.54, 1.807) is 4.68 Å². The molecule has 1 unspecified atom stereocenters. The molecule has 1 heterocycles. The molecule has 0 saturated heterocycles. The quantitative estimate of drug-likeness (QED) is 0.939. The van der Waals surface area contributed by atoms with E-state index in [-0.39, 0.29) is 0 Å². The minimum atomic E-state index is -0.401. The van der Waals surface area contributed by atoms with Crippen molar-refractivity contribution in [2.24, 2.45) is 7.05 Å². The molecule has 2 rings (SSSR count). The molecule has 0 saturated carbocycles. The first-order valence-corrected chi connectivity index (χ1v) is 6.88. The number of nitrogens with zero attached hydrogens (tertiary/aromatic N) is 3. The topological polar surface area (TPSA) is 53.6 Å². The van der Waals surface area contributed by atoms with Gasteiger partial charge in [0.2, 0.25) is 0 Å². The maximum Gasteiger partial charge on any atom is 0.143 e. The van der Waals surface area contributed by atoms with Crippen molar-refractivity contribution >= 4 is 21.6 Å². The lowest BCUT2D eigenvalue weighted by Crippen LogP contribution is -2.10. The van der Waals surface area contributed by atoms with Crippen LogP contribution in [-0.2, 0) is 13.5 Å². The van der Waals surface area contributed by atoms with Crippen molar-refractivity contribution in [3.05, 3.63) is 46.2 Å². The van der Waals surface area contributed by atoms with Gasteiger partial charge < -0.3 is 5.32 Å². The molecule has 19 heavy (non-hydrogen) atoms. The Balaban J connectivity index is 2.31. The van der Waals surface area contributed by atoms with Crippen LogP contribution in [0.2, 0.25) is 0 Å². The van der Waals surface area contributed by atoms with Crippen LogP contribution in [0.4, 0.5) is 5.69 Å². The second-order valence-electron chi connectivity index (χ2n) is 4.24. The zero-order chi connectivity index (χ0) is 13.8. The molecular weight excluding hydrogens is 304 g/mol. The molecule has 4 nitrogen and oxygen atoms in total. The molecular formula is C14H15BrN4. The summed E-state index contributed by atoms with van der Waals surface area (Å²) >= 11 is 3.47. The fourth-order valence-electron chi connectivity index (χ4n) is 1.98. The monoisotopic (exact) mass is 318 g/mol. The van der Waals surface area contributed by atoms with Crippen LogP contribution in [0.3, 0.4) is 0 Å². The molecule has 0 bridgehead atoms. The molecule has 1 N–H and O–H groups in total. The van der Waals surface area contributed by atoms with Crippen molar-refractivity contribution in [1.29, 1.82) is 5.26 Å². The number of aryl methyl sites for hydroxylation is 2. The van der Waals surface area contributed by atoms with Gasteiger partial charge in [-0.25, -0.2) is 0 Å². The molecule has 0 spiro atoms. The number of nitriles is 1. The van der Waals surface area contributed by atoms with Gasteiger partial charge >= 0.3 is 0 Å². The lowest BCUT2D eigenvalue weighted by atomic mass is 10.1. The first-order chi connectivity index (χ1) is 9.15. The lowest BCUT2D eigenvalue weighted by molar-refractivity contribution is 0.746. The maximum absolute atomic E-state index is 9.40. The van der Waals surface area contributed by atoms with Gasteiger partial charge in [-0.15, -0.1) is 0 Å². The van der Waals surface area contributed by atoms with E-state index in [4.69, 9.17) is 0 Å². The Morgan fingerprint density at radius 3 is 2.84 bits per heavy atom. The van der Waals surface area contributed by atoms with E-state index in [0.29, 0.717) is 0 Å². The third kappa shape index (κ3) is 2.96. The summed E-state index contributed by atoms with van der Waals surface area (Å²) in [5.41, 5.74) is 2.79. The Morgan fingerprint density at radius 2 is 2.21 bits per heavy atom. The molecule has 5 heteroatoms. The zero-order valence-corrected chi connectivity index (χ0v) is 12.5. The van der Waals surface area contributed by atoms with Crippen LogP contribution in [0.1, 0.15) is 24.2 Å². The van der Waals surface area contributed by atoms with Gasteiger partial charge in [-0.1, -0.05) is 19.1 Å². The van der Waals surface area contributed by atoms with E-state index in [0.717, 1.165) is 27.8 Å². The van der Waals surface area contributed by atoms with Gasteiger partial charge in [0.25, 0.3) is 0 Å². The number of para-hydroxylation sites is 1. The summed E-state index contributed by atoms with van der Waals surface area (Å²) in [6.45, 7) is 2.04. The van der Waals surface area contributed by atoms with Crippen LogP contribution >= 0.6 is 15.9 Å². The van der Waals surface area contributed by atoms with E-state index in [9.17, 15) is 5.26 Å². The molecule has 1 aromatic heterocycles. The van der Waals surface area contributed by atoms with Crippen molar-refractivity contribution in [3.8, 4) is 6.07 Å². The average Bonchev–Trinajstić information content (AvgIpc) is 2.79. The highest BCUT2D eigenvalue weighted by molar-refractivity contribution is 9.10. The Morgan fingerprint density at radius 1 is 1.47 bits per heavy atom. The predicted molar refractivity (Wildman–Crippen MR) is 78.7 cm³/mol. The van der Waals surface area contributed by atoms with Crippen molar-refractivity contribution in [2.75, 3.05) is 5.32 Å². The summed E-state index contributed by atoms with van der Waals surface area (Å²) in [6.07, 6.45) is 2.71. The molecule has 0 amide bonds. The first kappa shape index (κ1) is 13.6. The molecule has 0 aliphatic carbocycles. The first-order valence-electron chi connectivity index (χ1n) is 6.08. The minimum absolute atomic E-state index is 0.401. The fourth-order valence-corrected chi connectivity index (χ4v) is 2.38. The van der Waals surface area contributed by atoms with Crippen molar-refractivity contribution < 1.29 is 0 Å². The second kappa shape index (κ2) is 5.89. The molecule has 98 valence electrons. The van der Waals surface area contributed by atoms with Gasteiger partial charge in [0.1, 0.15) is 6.04 Å². The smallest absolute Gasteiger partial charge is 0.143 e. The maximum atomic E-state index is 9.40. The van der Waals surface area contributed by atoms with Crippen LogP contribution in [0.15, 0.2) is 34.9 Å². The van der Waals surface area contributed by atoms with E-state index >= 15 is 0 Å². The fraction of sp³-hybridized carbons (Fsp3) is 0.286. The summed E-state index contributed by atoms with van der Waals surface area (Å²) in [5.74, 6) is 0. The number of hydrogen-bond donors (Lipinski definition) is 1. The SMILES string of the molecule is CCc1nn(C)cc1C(C#N)Nc1ccccc1Br. The van der Waals surface area contributed by atoms with Gasteiger partial charge in [-0.3, -0.25) is 4.68 Å². The number of anilines is 1. The molecule has 0 fully saturated rings. The van der Waals surface area contributed by atoms with Gasteiger partial charge in [-0.05, 0) is 34.5 Å². The summed E-state index contributed by atoms with van der Waals surface area (Å²) in [5, 5.41) is 17.0. The Labute approximate surface area is 121 Å². The molecule has 0 aliphatic heterocycles. The van der Waals surface area contributed by atoms with Crippen molar-refractivity contribution in [3.63, 3.8) is 0 Å². The van der Waals surface area contributed by atoms with Crippen LogP contribution in [0.25, 0.3) is 0 Å². The summed E-state index contributed by atoms with van der Waals surface area (Å²) < 4.78 is 2.69. The molecule has 1 atom stereocenters. The largest absolute Gasteiger partial charge is 0.365 e. The highest BCUT2D eigenvalue weighted by Crippen LogP contribution is 2.27. The van der Waals surface area contributed by atoms with Crippen molar-refractivity contribution in [2.45, 2.75) is 19.4 Å². The highest BCUT2D eigenvalue weighted by atomic mass is 79.9. The normalized spacial score (nSPS) is 11.9. The zero-order valence-electron chi connectivity index (χ0n) is 10.9. The van der Waals surface area contributed by atoms with E-state index in [2.05, 4.69) is 32.4 Å². The number of benzene rings is 1. The third-order valence-electron chi connectivity index (χ3n) is 2.89. The Kier molecular flexibility index (Phi) is 4.23. The standard InChI is InChI=1S/C14H15BrN4/c1-3-12-10(9-19(2)18-12)14(8-16)17-13-7-5-4-6-11(13)15/h4-7,9,14,17H,3H2,1-2H3. The van der Waals surface area contributed by atoms with Crippen LogP contribution in [0.5, 0.6) is 0 Å². The highest BCUT2D eigenvalue weighted by Gasteiger charge is 2.17. The summed E-state index contributed by atoms with van der Waals surface area (Å²) in [4.78, 5) is 0. The Bertz CT molecular complexity index is 612. The van der Waals surface area contributed by atoms with Crippen LogP contribution < -0.4 is 5.32 Å². The molecule has 1 aromatic carbocycles. The average molecular weight is 319 g/mol. The lowest BCUT2D eigenvalue weighted by Gasteiger charge is -2.14. The summed E-state index contributed by atoms with van der Waals surface area (Å²) in [6, 6.07) is 9.66. The van der Waals surface area contributed by atoms with Gasteiger partial charge in [-0.2, -0.15) is 10.4 Å². The minimum Gasteiger partial charge on any atom is -0.365 e. The number of halogens is 1. The number of aromatic nitrogens is 2. The molecule has 0 aliphatic rings. The van der Waals surface area contributed by atoms with Crippen LogP contribution in [0, 0.1) is 11.3 Å². The van der Waals surface area contributed by atoms with Gasteiger partial charge in [0.05, 0.1) is 11.8 Å². The molecule has 2 aromatic rings. The van der Waals surface area contributed by atoms with Crippen molar-refractivity contribution in [1.82, 2.24) is 9.78 Å². The number of nitrogens with one attached hydrogen (secondary N) is 1. The van der Waals surface area contributed by atoms with Gasteiger partial charge in [0, 0.05) is 29.0 Å². The van der Waals surface area contributed by atoms with E-state index in [1.165, 1.54) is 0 Å². The number of hydrogen-bond acceptors (Lipinski definition) is 3. The Hall–Kier alpha value is -1.80. The molecule has 0 radical (unpaired) electrons. The van der Waals surface area contributed by atoms with Gasteiger partial charge in [0.15, 0.2) is 0 Å². The predicted octanol–water partition coefficient (Wildman–Crippen LogP) is 3.42. The second-order valence-corrected chi connectivity index (χ2v) is 5.10.